The first-order valence-electron chi connectivity index (χ1n) is 18.0. The number of unbranched alkanes of at least 4 members (excludes halogenated alkanes) is 12. The van der Waals surface area contributed by atoms with Crippen molar-refractivity contribution in [2.24, 2.45) is 0 Å². The molecule has 2 atom stereocenters. The molecule has 49 heavy (non-hydrogen) atoms. The zero-order chi connectivity index (χ0) is 35.1. The molecule has 8 nitrogen and oxygen atoms in total. The van der Waals surface area contributed by atoms with E-state index in [0.717, 1.165) is 24.8 Å². The van der Waals surface area contributed by atoms with Crippen LogP contribution >= 0.6 is 0 Å². The molecule has 0 heterocycles. The average Bonchev–Trinajstić information content (AvgIpc) is 3.39. The molecule has 9 heteroatoms. The number of nitrogens with one attached hydrogen (secondary N) is 1. The van der Waals surface area contributed by atoms with E-state index in [-0.39, 0.29) is 29.3 Å². The number of benzene rings is 3. The van der Waals surface area contributed by atoms with Crippen molar-refractivity contribution in [2.45, 2.75) is 121 Å². The van der Waals surface area contributed by atoms with E-state index < -0.39 is 34.1 Å². The quantitative estimate of drug-likeness (QED) is 0.0647. The third-order valence-corrected chi connectivity index (χ3v) is 10.4. The Morgan fingerprint density at radius 3 is 1.84 bits per heavy atom. The first kappa shape index (κ1) is 38.0. The first-order valence-corrected chi connectivity index (χ1v) is 19.5. The van der Waals surface area contributed by atoms with E-state index in [2.05, 4.69) is 11.6 Å². The van der Waals surface area contributed by atoms with Crippen LogP contribution in [0.25, 0.3) is 11.1 Å². The van der Waals surface area contributed by atoms with Crippen molar-refractivity contribution in [3.05, 3.63) is 89.5 Å². The number of hydrogen-bond donors (Lipinski definition) is 1. The Morgan fingerprint density at radius 1 is 0.673 bits per heavy atom. The fraction of sp³-hybridized carbons (Fsp3) is 0.475. The highest BCUT2D eigenvalue weighted by Gasteiger charge is 2.38. The summed E-state index contributed by atoms with van der Waals surface area (Å²) >= 11 is 0. The Morgan fingerprint density at radius 2 is 1.22 bits per heavy atom. The number of ketones is 1. The summed E-state index contributed by atoms with van der Waals surface area (Å²) in [6.07, 6.45) is 14.2. The molecule has 0 radical (unpaired) electrons. The lowest BCUT2D eigenvalue weighted by Crippen LogP contribution is -2.47. The molecule has 2 unspecified atom stereocenters. The van der Waals surface area contributed by atoms with Crippen LogP contribution in [0.2, 0.25) is 0 Å². The van der Waals surface area contributed by atoms with Crippen molar-refractivity contribution in [3.8, 4) is 11.1 Å². The lowest BCUT2D eigenvalue weighted by Gasteiger charge is -2.27. The molecule has 4 rings (SSSR count). The molecule has 3 aromatic rings. The third kappa shape index (κ3) is 10.8. The number of ether oxygens (including phenoxy) is 2. The Labute approximate surface area is 292 Å². The van der Waals surface area contributed by atoms with Crippen molar-refractivity contribution in [1.29, 1.82) is 0 Å². The van der Waals surface area contributed by atoms with E-state index >= 15 is 0 Å². The normalized spacial score (nSPS) is 13.4. The van der Waals surface area contributed by atoms with E-state index in [9.17, 15) is 22.8 Å². The fourth-order valence-corrected chi connectivity index (χ4v) is 7.54. The molecule has 264 valence electrons. The molecule has 0 bridgehead atoms. The molecule has 0 saturated carbocycles. The second kappa shape index (κ2) is 19.4. The van der Waals surface area contributed by atoms with Gasteiger partial charge in [0.05, 0.1) is 11.5 Å². The minimum absolute atomic E-state index is 0.00290. The molecule has 3 aromatic carbocycles. The van der Waals surface area contributed by atoms with Crippen LogP contribution in [0.3, 0.4) is 0 Å². The van der Waals surface area contributed by atoms with Gasteiger partial charge in [-0.05, 0) is 42.2 Å². The summed E-state index contributed by atoms with van der Waals surface area (Å²) < 4.78 is 41.2. The topological polar surface area (TPSA) is 116 Å². The van der Waals surface area contributed by atoms with Crippen molar-refractivity contribution in [2.75, 3.05) is 6.61 Å². The van der Waals surface area contributed by atoms with Gasteiger partial charge in [-0.2, -0.15) is 4.72 Å². The van der Waals surface area contributed by atoms with Crippen molar-refractivity contribution >= 4 is 27.7 Å². The minimum Gasteiger partial charge on any atom is -0.465 e. The highest BCUT2D eigenvalue weighted by Crippen LogP contribution is 2.37. The maximum absolute atomic E-state index is 13.8. The van der Waals surface area contributed by atoms with Gasteiger partial charge in [-0.1, -0.05) is 145 Å². The summed E-state index contributed by atoms with van der Waals surface area (Å²) in [5.41, 5.74) is 2.60. The van der Waals surface area contributed by atoms with Gasteiger partial charge in [0, 0.05) is 17.5 Å². The highest BCUT2D eigenvalue weighted by molar-refractivity contribution is 7.89. The molecule has 1 N–H and O–H groups in total. The second-order valence-electron chi connectivity index (χ2n) is 12.7. The third-order valence-electron chi connectivity index (χ3n) is 9.00. The van der Waals surface area contributed by atoms with Crippen LogP contribution in [-0.4, -0.2) is 38.8 Å². The standard InChI is InChI=1S/C40H51NO7S/c1-3-5-6-7-8-9-10-11-12-13-14-15-19-26-36(42)48-39(30-22-17-16-18-23-30)37(40(44)47-4-2)41-49(45,46)31-27-28-33-32-24-20-21-25-34(32)38(43)35(33)29-31/h16-18,20-25,27-29,37,39,41H,3-15,19,26H2,1-2H3. The molecule has 0 aromatic heterocycles. The number of hydrogen-bond acceptors (Lipinski definition) is 7. The Kier molecular flexibility index (Phi) is 15.0. The van der Waals surface area contributed by atoms with Gasteiger partial charge in [0.15, 0.2) is 17.9 Å². The maximum atomic E-state index is 13.8. The van der Waals surface area contributed by atoms with E-state index in [1.54, 1.807) is 55.5 Å². The van der Waals surface area contributed by atoms with Gasteiger partial charge in [0.25, 0.3) is 0 Å². The van der Waals surface area contributed by atoms with Crippen LogP contribution in [0.5, 0.6) is 0 Å². The molecular formula is C40H51NO7S. The predicted molar refractivity (Wildman–Crippen MR) is 192 cm³/mol. The van der Waals surface area contributed by atoms with Gasteiger partial charge in [0.1, 0.15) is 0 Å². The van der Waals surface area contributed by atoms with Crippen molar-refractivity contribution in [1.82, 2.24) is 4.72 Å². The lowest BCUT2D eigenvalue weighted by molar-refractivity contribution is -0.158. The van der Waals surface area contributed by atoms with Crippen LogP contribution in [0, 0.1) is 0 Å². The zero-order valence-corrected chi connectivity index (χ0v) is 29.8. The molecule has 1 aliphatic carbocycles. The van der Waals surface area contributed by atoms with Crippen LogP contribution in [0.1, 0.15) is 131 Å². The van der Waals surface area contributed by atoms with Crippen molar-refractivity contribution < 1.29 is 32.3 Å². The largest absolute Gasteiger partial charge is 0.465 e. The predicted octanol–water partition coefficient (Wildman–Crippen LogP) is 8.87. The number of rotatable bonds is 22. The number of carbonyl (C=O) groups excluding carboxylic acids is 3. The van der Waals surface area contributed by atoms with E-state index in [0.29, 0.717) is 23.1 Å². The Hall–Kier alpha value is -3.82. The van der Waals surface area contributed by atoms with Gasteiger partial charge in [-0.25, -0.2) is 8.42 Å². The summed E-state index contributed by atoms with van der Waals surface area (Å²) in [5.74, 6) is -1.67. The molecule has 0 spiro atoms. The first-order chi connectivity index (χ1) is 23.8. The Bertz CT molecular complexity index is 1640. The van der Waals surface area contributed by atoms with E-state index in [4.69, 9.17) is 9.47 Å². The lowest BCUT2D eigenvalue weighted by atomic mass is 10.0. The van der Waals surface area contributed by atoms with E-state index in [1.807, 2.05) is 12.1 Å². The average molecular weight is 690 g/mol. The summed E-state index contributed by atoms with van der Waals surface area (Å²) in [6.45, 7) is 3.85. The monoisotopic (exact) mass is 689 g/mol. The SMILES string of the molecule is CCCCCCCCCCCCCCCC(=O)OC(c1ccccc1)C(NS(=O)(=O)c1ccc2c(c1)C(=O)c1ccccc1-2)C(=O)OCC. The van der Waals surface area contributed by atoms with Gasteiger partial charge in [-0.3, -0.25) is 14.4 Å². The number of fused-ring (bicyclic) bond motifs is 3. The van der Waals surface area contributed by atoms with Gasteiger partial charge in [0.2, 0.25) is 10.0 Å². The smallest absolute Gasteiger partial charge is 0.328 e. The van der Waals surface area contributed by atoms with Gasteiger partial charge < -0.3 is 9.47 Å². The van der Waals surface area contributed by atoms with Crippen LogP contribution < -0.4 is 4.72 Å². The molecule has 0 saturated heterocycles. The summed E-state index contributed by atoms with van der Waals surface area (Å²) in [7, 11) is -4.38. The highest BCUT2D eigenvalue weighted by atomic mass is 32.2. The van der Waals surface area contributed by atoms with Gasteiger partial charge in [-0.15, -0.1) is 0 Å². The second-order valence-corrected chi connectivity index (χ2v) is 14.5. The van der Waals surface area contributed by atoms with Crippen molar-refractivity contribution in [3.63, 3.8) is 0 Å². The molecule has 0 amide bonds. The minimum atomic E-state index is -4.38. The molecular weight excluding hydrogens is 639 g/mol. The molecule has 0 aliphatic heterocycles. The van der Waals surface area contributed by atoms with Crippen LogP contribution in [0.4, 0.5) is 0 Å². The van der Waals surface area contributed by atoms with Gasteiger partial charge >= 0.3 is 11.9 Å². The molecule has 1 aliphatic rings. The number of carbonyl (C=O) groups is 3. The van der Waals surface area contributed by atoms with E-state index in [1.165, 1.54) is 69.9 Å². The molecule has 0 fully saturated rings. The Balaban J connectivity index is 1.38. The maximum Gasteiger partial charge on any atom is 0.328 e. The summed E-state index contributed by atoms with van der Waals surface area (Å²) in [6, 6.07) is 18.4. The number of esters is 2. The number of sulfonamides is 1. The summed E-state index contributed by atoms with van der Waals surface area (Å²) in [4.78, 5) is 39.4. The zero-order valence-electron chi connectivity index (χ0n) is 29.0. The van der Waals surface area contributed by atoms with Crippen LogP contribution in [-0.2, 0) is 29.1 Å². The fourth-order valence-electron chi connectivity index (χ4n) is 6.33. The van der Waals surface area contributed by atoms with Crippen LogP contribution in [0.15, 0.2) is 77.7 Å². The summed E-state index contributed by atoms with van der Waals surface area (Å²) in [5, 5.41) is 0.